The third-order valence-electron chi connectivity index (χ3n) is 4.11. The summed E-state index contributed by atoms with van der Waals surface area (Å²) in [4.78, 5) is 0. The number of para-hydroxylation sites is 1. The molecule has 1 atom stereocenters. The lowest BCUT2D eigenvalue weighted by molar-refractivity contribution is 0.0541. The fraction of sp³-hybridized carbons (Fsp3) is 0.375. The number of aryl methyl sites for hydroxylation is 1. The van der Waals surface area contributed by atoms with Gasteiger partial charge >= 0.3 is 0 Å². The monoisotopic (exact) mass is 283 g/mol. The summed E-state index contributed by atoms with van der Waals surface area (Å²) in [5.41, 5.74) is 2.05. The van der Waals surface area contributed by atoms with Gasteiger partial charge in [-0.05, 0) is 25.0 Å². The lowest BCUT2D eigenvalue weighted by Gasteiger charge is -2.24. The molecular formula is C16H17N3O2. The number of rotatable bonds is 2. The van der Waals surface area contributed by atoms with Gasteiger partial charge in [0.2, 0.25) is 0 Å². The molecule has 0 fully saturated rings. The van der Waals surface area contributed by atoms with Crippen molar-refractivity contribution in [1.82, 2.24) is 14.8 Å². The number of furan rings is 1. The molecule has 3 aromatic rings. The predicted octanol–water partition coefficient (Wildman–Crippen LogP) is 3.48. The maximum absolute atomic E-state index is 6.04. The average Bonchev–Trinajstić information content (AvgIpc) is 3.10. The number of fused-ring (bicyclic) bond motifs is 2. The molecule has 0 bridgehead atoms. The molecule has 21 heavy (non-hydrogen) atoms. The van der Waals surface area contributed by atoms with Crippen molar-refractivity contribution in [1.29, 1.82) is 0 Å². The van der Waals surface area contributed by atoms with Crippen molar-refractivity contribution in [2.45, 2.75) is 32.9 Å². The highest BCUT2D eigenvalue weighted by atomic mass is 16.5. The molecule has 0 amide bonds. The van der Waals surface area contributed by atoms with Gasteiger partial charge in [-0.3, -0.25) is 0 Å². The summed E-state index contributed by atoms with van der Waals surface area (Å²) in [5.74, 6) is 2.45. The maximum atomic E-state index is 6.04. The molecule has 1 aliphatic rings. The first-order valence-corrected chi connectivity index (χ1v) is 7.29. The highest BCUT2D eigenvalue weighted by molar-refractivity contribution is 5.84. The lowest BCUT2D eigenvalue weighted by Crippen LogP contribution is -2.23. The Balaban J connectivity index is 1.89. The van der Waals surface area contributed by atoms with Crippen molar-refractivity contribution in [2.24, 2.45) is 0 Å². The zero-order valence-electron chi connectivity index (χ0n) is 12.2. The van der Waals surface area contributed by atoms with Crippen molar-refractivity contribution in [3.05, 3.63) is 35.7 Å². The fourth-order valence-electron chi connectivity index (χ4n) is 2.95. The number of nitrogens with zero attached hydrogens (tertiary/aromatic N) is 3. The highest BCUT2D eigenvalue weighted by Gasteiger charge is 2.26. The van der Waals surface area contributed by atoms with Gasteiger partial charge in [0.05, 0.1) is 12.6 Å². The number of ether oxygens (including phenoxy) is 1. The minimum atomic E-state index is 0.271. The van der Waals surface area contributed by atoms with Gasteiger partial charge in [-0.1, -0.05) is 25.1 Å². The summed E-state index contributed by atoms with van der Waals surface area (Å²) < 4.78 is 13.8. The molecule has 1 unspecified atom stereocenters. The van der Waals surface area contributed by atoms with Crippen LogP contribution in [0.15, 0.2) is 28.7 Å². The summed E-state index contributed by atoms with van der Waals surface area (Å²) >= 11 is 0. The molecule has 0 radical (unpaired) electrons. The van der Waals surface area contributed by atoms with Crippen LogP contribution in [-0.2, 0) is 11.3 Å². The molecule has 5 heteroatoms. The molecule has 4 rings (SSSR count). The van der Waals surface area contributed by atoms with Crippen LogP contribution in [0.2, 0.25) is 0 Å². The Morgan fingerprint density at radius 2 is 2.24 bits per heavy atom. The number of aromatic nitrogens is 3. The molecule has 0 N–H and O–H groups in total. The van der Waals surface area contributed by atoms with E-state index in [1.165, 1.54) is 0 Å². The van der Waals surface area contributed by atoms with Crippen molar-refractivity contribution in [3.8, 4) is 11.6 Å². The Labute approximate surface area is 122 Å². The van der Waals surface area contributed by atoms with Gasteiger partial charge in [0.1, 0.15) is 12.2 Å². The fourth-order valence-corrected chi connectivity index (χ4v) is 2.95. The molecule has 3 heterocycles. The SMILES string of the molecule is CCC1COCc2nnc(-c3cc4cccc(C)c4o3)n21. The second-order valence-corrected chi connectivity index (χ2v) is 5.49. The Morgan fingerprint density at radius 3 is 3.05 bits per heavy atom. The summed E-state index contributed by atoms with van der Waals surface area (Å²) in [6, 6.07) is 8.47. The van der Waals surface area contributed by atoms with E-state index >= 15 is 0 Å². The Kier molecular flexibility index (Phi) is 2.82. The first-order chi connectivity index (χ1) is 10.3. The number of hydrogen-bond donors (Lipinski definition) is 0. The van der Waals surface area contributed by atoms with E-state index in [4.69, 9.17) is 9.15 Å². The highest BCUT2D eigenvalue weighted by Crippen LogP contribution is 2.32. The molecule has 1 aliphatic heterocycles. The van der Waals surface area contributed by atoms with E-state index in [9.17, 15) is 0 Å². The molecule has 0 aliphatic carbocycles. The number of hydrogen-bond acceptors (Lipinski definition) is 4. The van der Waals surface area contributed by atoms with Crippen LogP contribution in [0.1, 0.15) is 30.8 Å². The van der Waals surface area contributed by atoms with Gasteiger partial charge in [-0.2, -0.15) is 0 Å². The van der Waals surface area contributed by atoms with Crippen molar-refractivity contribution >= 4 is 11.0 Å². The summed E-state index contributed by atoms with van der Waals surface area (Å²) in [6.07, 6.45) is 0.983. The van der Waals surface area contributed by atoms with Crippen LogP contribution in [0.4, 0.5) is 0 Å². The van der Waals surface area contributed by atoms with E-state index < -0.39 is 0 Å². The van der Waals surface area contributed by atoms with Crippen molar-refractivity contribution in [2.75, 3.05) is 6.61 Å². The molecule has 1 aromatic carbocycles. The normalized spacial score (nSPS) is 18.1. The van der Waals surface area contributed by atoms with E-state index in [2.05, 4.69) is 40.7 Å². The third kappa shape index (κ3) is 1.88. The first-order valence-electron chi connectivity index (χ1n) is 7.29. The topological polar surface area (TPSA) is 53.1 Å². The van der Waals surface area contributed by atoms with Gasteiger partial charge in [0, 0.05) is 5.39 Å². The van der Waals surface area contributed by atoms with Crippen LogP contribution < -0.4 is 0 Å². The lowest BCUT2D eigenvalue weighted by atomic mass is 10.2. The summed E-state index contributed by atoms with van der Waals surface area (Å²) in [6.45, 7) is 5.42. The minimum Gasteiger partial charge on any atom is -0.452 e. The van der Waals surface area contributed by atoms with Crippen molar-refractivity contribution in [3.63, 3.8) is 0 Å². The summed E-state index contributed by atoms with van der Waals surface area (Å²) in [5, 5.41) is 9.68. The standard InChI is InChI=1S/C16H17N3O2/c1-3-12-8-20-9-14-17-18-16(19(12)14)13-7-11-6-4-5-10(2)15(11)21-13/h4-7,12H,3,8-9H2,1-2H3. The molecule has 2 aromatic heterocycles. The second kappa shape index (κ2) is 4.70. The van der Waals surface area contributed by atoms with Crippen LogP contribution in [0, 0.1) is 6.92 Å². The molecule has 108 valence electrons. The van der Waals surface area contributed by atoms with Crippen LogP contribution >= 0.6 is 0 Å². The molecule has 5 nitrogen and oxygen atoms in total. The van der Waals surface area contributed by atoms with E-state index in [0.29, 0.717) is 13.2 Å². The maximum Gasteiger partial charge on any atom is 0.200 e. The van der Waals surface area contributed by atoms with Crippen LogP contribution in [0.5, 0.6) is 0 Å². The second-order valence-electron chi connectivity index (χ2n) is 5.49. The Hall–Kier alpha value is -2.14. The molecule has 0 spiro atoms. The summed E-state index contributed by atoms with van der Waals surface area (Å²) in [7, 11) is 0. The van der Waals surface area contributed by atoms with Gasteiger partial charge < -0.3 is 13.7 Å². The van der Waals surface area contributed by atoms with Gasteiger partial charge in [0.25, 0.3) is 0 Å². The molecular weight excluding hydrogens is 266 g/mol. The quantitative estimate of drug-likeness (QED) is 0.722. The predicted molar refractivity (Wildman–Crippen MR) is 79.0 cm³/mol. The number of benzene rings is 1. The largest absolute Gasteiger partial charge is 0.452 e. The zero-order valence-corrected chi connectivity index (χ0v) is 12.2. The van der Waals surface area contributed by atoms with Gasteiger partial charge in [-0.15, -0.1) is 10.2 Å². The van der Waals surface area contributed by atoms with Gasteiger partial charge in [0.15, 0.2) is 17.4 Å². The molecule has 0 saturated heterocycles. The third-order valence-corrected chi connectivity index (χ3v) is 4.11. The van der Waals surface area contributed by atoms with E-state index in [1.54, 1.807) is 0 Å². The zero-order chi connectivity index (χ0) is 14.4. The molecule has 0 saturated carbocycles. The first kappa shape index (κ1) is 12.6. The Bertz CT molecular complexity index is 803. The van der Waals surface area contributed by atoms with E-state index in [-0.39, 0.29) is 6.04 Å². The van der Waals surface area contributed by atoms with Crippen LogP contribution in [0.25, 0.3) is 22.6 Å². The van der Waals surface area contributed by atoms with E-state index in [0.717, 1.165) is 40.4 Å². The van der Waals surface area contributed by atoms with Gasteiger partial charge in [-0.25, -0.2) is 0 Å². The van der Waals surface area contributed by atoms with Crippen molar-refractivity contribution < 1.29 is 9.15 Å². The van der Waals surface area contributed by atoms with Crippen LogP contribution in [0.3, 0.4) is 0 Å². The minimum absolute atomic E-state index is 0.271. The van der Waals surface area contributed by atoms with Crippen LogP contribution in [-0.4, -0.2) is 21.4 Å². The smallest absolute Gasteiger partial charge is 0.200 e. The van der Waals surface area contributed by atoms with E-state index in [1.807, 2.05) is 12.1 Å². The average molecular weight is 283 g/mol. The Morgan fingerprint density at radius 1 is 1.33 bits per heavy atom.